The van der Waals surface area contributed by atoms with Gasteiger partial charge in [-0.1, -0.05) is 52.4 Å². The minimum atomic E-state index is -0.801. The van der Waals surface area contributed by atoms with Gasteiger partial charge in [-0.2, -0.15) is 0 Å². The zero-order valence-electron chi connectivity index (χ0n) is 16.8. The monoisotopic (exact) mass is 344 g/mol. The van der Waals surface area contributed by atoms with E-state index >= 15 is 0 Å². The maximum absolute atomic E-state index is 11.4. The molecule has 0 aromatic rings. The Labute approximate surface area is 149 Å². The summed E-state index contributed by atoms with van der Waals surface area (Å²) in [4.78, 5) is 11.4. The molecular weight excluding hydrogens is 304 g/mol. The van der Waals surface area contributed by atoms with Crippen LogP contribution >= 0.6 is 0 Å². The normalized spacial score (nSPS) is 13.7. The van der Waals surface area contributed by atoms with E-state index in [0.717, 1.165) is 19.3 Å². The fraction of sp³-hybridized carbons (Fsp3) is 0.950. The fourth-order valence-corrected chi connectivity index (χ4v) is 3.33. The summed E-state index contributed by atoms with van der Waals surface area (Å²) in [5, 5.41) is 9.37. The Kier molecular flexibility index (Phi) is 12.4. The lowest BCUT2D eigenvalue weighted by Crippen LogP contribution is -2.47. The number of hydrogen-bond acceptors (Lipinski definition) is 3. The molecule has 0 aromatic carbocycles. The van der Waals surface area contributed by atoms with Crippen LogP contribution in [-0.2, 0) is 14.3 Å². The minimum Gasteiger partial charge on any atom is -0.481 e. The molecule has 0 aliphatic rings. The van der Waals surface area contributed by atoms with Gasteiger partial charge < -0.3 is 14.6 Å². The zero-order chi connectivity index (χ0) is 18.6. The zero-order valence-corrected chi connectivity index (χ0v) is 16.8. The molecule has 0 aromatic heterocycles. The van der Waals surface area contributed by atoms with Gasteiger partial charge in [-0.05, 0) is 40.5 Å². The highest BCUT2D eigenvalue weighted by molar-refractivity contribution is 5.67. The van der Waals surface area contributed by atoms with Gasteiger partial charge in [-0.25, -0.2) is 0 Å². The number of ether oxygens (including phenoxy) is 2. The molecule has 0 heterocycles. The molecule has 0 saturated heterocycles. The van der Waals surface area contributed by atoms with Crippen LogP contribution in [-0.4, -0.2) is 29.1 Å². The van der Waals surface area contributed by atoms with Crippen molar-refractivity contribution in [1.82, 2.24) is 0 Å². The number of aliphatic carboxylic acids is 1. The first kappa shape index (κ1) is 23.4. The van der Waals surface area contributed by atoms with Crippen LogP contribution in [0.4, 0.5) is 0 Å². The van der Waals surface area contributed by atoms with E-state index in [1.165, 1.54) is 25.7 Å². The van der Waals surface area contributed by atoms with Crippen molar-refractivity contribution >= 4 is 5.97 Å². The standard InChI is InChI=1S/C20H40O4/c1-7-9-10-11-12-13-14-18(15-19(21)22)20(8-2,23-16(3)4)24-17(5)6/h16-18H,7-15H2,1-6H3,(H,21,22). The van der Waals surface area contributed by atoms with Crippen LogP contribution in [0.1, 0.15) is 99.3 Å². The van der Waals surface area contributed by atoms with Crippen molar-refractivity contribution in [2.24, 2.45) is 5.92 Å². The maximum Gasteiger partial charge on any atom is 0.303 e. The van der Waals surface area contributed by atoms with E-state index in [9.17, 15) is 9.90 Å². The predicted octanol–water partition coefficient (Wildman–Crippen LogP) is 5.78. The first-order valence-corrected chi connectivity index (χ1v) is 9.84. The second-order valence-corrected chi connectivity index (χ2v) is 7.35. The van der Waals surface area contributed by atoms with Gasteiger partial charge in [0.15, 0.2) is 5.79 Å². The van der Waals surface area contributed by atoms with Crippen LogP contribution in [0.25, 0.3) is 0 Å². The number of rotatable bonds is 15. The summed E-state index contributed by atoms with van der Waals surface area (Å²) in [6.45, 7) is 12.2. The van der Waals surface area contributed by atoms with Crippen molar-refractivity contribution in [3.63, 3.8) is 0 Å². The smallest absolute Gasteiger partial charge is 0.303 e. The van der Waals surface area contributed by atoms with Gasteiger partial charge in [0.05, 0.1) is 18.6 Å². The van der Waals surface area contributed by atoms with Crippen LogP contribution in [0.3, 0.4) is 0 Å². The Morgan fingerprint density at radius 3 is 1.83 bits per heavy atom. The van der Waals surface area contributed by atoms with Crippen LogP contribution in [0, 0.1) is 5.92 Å². The Bertz CT molecular complexity index is 316. The molecule has 144 valence electrons. The minimum absolute atomic E-state index is 0.00421. The SMILES string of the molecule is CCCCCCCCC(CC(=O)O)C(CC)(OC(C)C)OC(C)C. The van der Waals surface area contributed by atoms with Gasteiger partial charge in [0.1, 0.15) is 0 Å². The molecule has 0 rings (SSSR count). The summed E-state index contributed by atoms with van der Waals surface area (Å²) >= 11 is 0. The predicted molar refractivity (Wildman–Crippen MR) is 99.2 cm³/mol. The Morgan fingerprint density at radius 2 is 1.42 bits per heavy atom. The van der Waals surface area contributed by atoms with Crippen molar-refractivity contribution in [2.45, 2.75) is 117 Å². The fourth-order valence-electron chi connectivity index (χ4n) is 3.33. The largest absolute Gasteiger partial charge is 0.481 e. The summed E-state index contributed by atoms with van der Waals surface area (Å²) in [5.74, 6) is -1.69. The molecule has 0 fully saturated rings. The third kappa shape index (κ3) is 9.63. The Hall–Kier alpha value is -0.610. The van der Waals surface area contributed by atoms with Crippen LogP contribution in [0.5, 0.6) is 0 Å². The van der Waals surface area contributed by atoms with E-state index in [0.29, 0.717) is 6.42 Å². The number of carboxylic acid groups (broad SMARTS) is 1. The molecule has 0 spiro atoms. The van der Waals surface area contributed by atoms with Crippen molar-refractivity contribution < 1.29 is 19.4 Å². The average molecular weight is 345 g/mol. The highest BCUT2D eigenvalue weighted by atomic mass is 16.7. The number of hydrogen-bond donors (Lipinski definition) is 1. The molecule has 1 unspecified atom stereocenters. The van der Waals surface area contributed by atoms with E-state index in [4.69, 9.17) is 9.47 Å². The summed E-state index contributed by atoms with van der Waals surface area (Å²) in [6.07, 6.45) is 8.81. The molecule has 0 bridgehead atoms. The van der Waals surface area contributed by atoms with E-state index in [2.05, 4.69) is 6.92 Å². The maximum atomic E-state index is 11.4. The first-order valence-electron chi connectivity index (χ1n) is 9.84. The van der Waals surface area contributed by atoms with Crippen LogP contribution < -0.4 is 0 Å². The van der Waals surface area contributed by atoms with Crippen molar-refractivity contribution in [2.75, 3.05) is 0 Å². The molecular formula is C20H40O4. The quantitative estimate of drug-likeness (QED) is 0.302. The summed E-state index contributed by atoms with van der Waals surface area (Å²) in [7, 11) is 0. The number of carbonyl (C=O) groups is 1. The lowest BCUT2D eigenvalue weighted by molar-refractivity contribution is -0.299. The van der Waals surface area contributed by atoms with Crippen molar-refractivity contribution in [3.8, 4) is 0 Å². The highest BCUT2D eigenvalue weighted by Crippen LogP contribution is 2.36. The second-order valence-electron chi connectivity index (χ2n) is 7.35. The molecule has 1 atom stereocenters. The third-order valence-electron chi connectivity index (χ3n) is 4.31. The molecule has 4 heteroatoms. The Morgan fingerprint density at radius 1 is 0.917 bits per heavy atom. The molecule has 1 N–H and O–H groups in total. The van der Waals surface area contributed by atoms with Gasteiger partial charge >= 0.3 is 5.97 Å². The van der Waals surface area contributed by atoms with Gasteiger partial charge in [0, 0.05) is 5.92 Å². The average Bonchev–Trinajstić information content (AvgIpc) is 2.47. The molecule has 0 radical (unpaired) electrons. The van der Waals surface area contributed by atoms with Crippen molar-refractivity contribution in [1.29, 1.82) is 0 Å². The lowest BCUT2D eigenvalue weighted by atomic mass is 9.86. The van der Waals surface area contributed by atoms with Crippen LogP contribution in [0.15, 0.2) is 0 Å². The molecule has 4 nitrogen and oxygen atoms in total. The van der Waals surface area contributed by atoms with Crippen LogP contribution in [0.2, 0.25) is 0 Å². The second kappa shape index (κ2) is 12.7. The van der Waals surface area contributed by atoms with Gasteiger partial charge in [-0.3, -0.25) is 4.79 Å². The van der Waals surface area contributed by atoms with Gasteiger partial charge in [-0.15, -0.1) is 0 Å². The van der Waals surface area contributed by atoms with E-state index < -0.39 is 11.8 Å². The van der Waals surface area contributed by atoms with E-state index in [1.54, 1.807) is 0 Å². The van der Waals surface area contributed by atoms with E-state index in [1.807, 2.05) is 34.6 Å². The Balaban J connectivity index is 4.96. The molecule has 0 aliphatic carbocycles. The van der Waals surface area contributed by atoms with Crippen molar-refractivity contribution in [3.05, 3.63) is 0 Å². The number of carboxylic acids is 1. The number of unbranched alkanes of at least 4 members (excludes halogenated alkanes) is 5. The molecule has 0 saturated carbocycles. The third-order valence-corrected chi connectivity index (χ3v) is 4.31. The lowest BCUT2D eigenvalue weighted by Gasteiger charge is -2.42. The molecule has 24 heavy (non-hydrogen) atoms. The summed E-state index contributed by atoms with van der Waals surface area (Å²) in [5.41, 5.74) is 0. The molecule has 0 amide bonds. The topological polar surface area (TPSA) is 55.8 Å². The first-order chi connectivity index (χ1) is 11.3. The highest BCUT2D eigenvalue weighted by Gasteiger charge is 2.41. The van der Waals surface area contributed by atoms with Gasteiger partial charge in [0.25, 0.3) is 0 Å². The summed E-state index contributed by atoms with van der Waals surface area (Å²) in [6, 6.07) is 0. The summed E-state index contributed by atoms with van der Waals surface area (Å²) < 4.78 is 12.3. The van der Waals surface area contributed by atoms with Gasteiger partial charge in [0.2, 0.25) is 0 Å². The van der Waals surface area contributed by atoms with E-state index in [-0.39, 0.29) is 24.5 Å². The molecule has 0 aliphatic heterocycles.